The second-order valence-corrected chi connectivity index (χ2v) is 3.87. The van der Waals surface area contributed by atoms with Crippen molar-refractivity contribution in [2.75, 3.05) is 6.54 Å². The molecular formula is C10H19N5O. The zero-order valence-corrected chi connectivity index (χ0v) is 9.76. The highest BCUT2D eigenvalue weighted by molar-refractivity contribution is 5.81. The predicted molar refractivity (Wildman–Crippen MR) is 60.5 cm³/mol. The molecule has 1 aromatic heterocycles. The average molecular weight is 225 g/mol. The van der Waals surface area contributed by atoms with Gasteiger partial charge in [-0.1, -0.05) is 25.5 Å². The lowest BCUT2D eigenvalue weighted by atomic mass is 9.99. The fraction of sp³-hybridized carbons (Fsp3) is 0.700. The van der Waals surface area contributed by atoms with E-state index in [9.17, 15) is 4.79 Å². The van der Waals surface area contributed by atoms with Crippen molar-refractivity contribution >= 4 is 5.91 Å². The molecule has 0 unspecified atom stereocenters. The number of carbonyl (C=O) groups excluding carboxylic acids is 1. The third-order valence-electron chi connectivity index (χ3n) is 2.67. The summed E-state index contributed by atoms with van der Waals surface area (Å²) in [5.74, 6) is 0.0980. The van der Waals surface area contributed by atoms with Gasteiger partial charge in [-0.2, -0.15) is 0 Å². The number of carbonyl (C=O) groups is 1. The van der Waals surface area contributed by atoms with Gasteiger partial charge in [0.1, 0.15) is 0 Å². The van der Waals surface area contributed by atoms with Gasteiger partial charge in [0.2, 0.25) is 5.91 Å². The molecule has 0 saturated carbocycles. The van der Waals surface area contributed by atoms with Gasteiger partial charge >= 0.3 is 0 Å². The first kappa shape index (κ1) is 12.6. The summed E-state index contributed by atoms with van der Waals surface area (Å²) >= 11 is 0. The molecule has 0 aliphatic rings. The highest BCUT2D eigenvalue weighted by Crippen LogP contribution is 2.04. The fourth-order valence-corrected chi connectivity index (χ4v) is 1.28. The van der Waals surface area contributed by atoms with Crippen molar-refractivity contribution in [2.24, 2.45) is 11.7 Å². The van der Waals surface area contributed by atoms with E-state index in [0.717, 1.165) is 6.42 Å². The molecule has 3 N–H and O–H groups in total. The van der Waals surface area contributed by atoms with Crippen molar-refractivity contribution in [2.45, 2.75) is 32.9 Å². The first-order chi connectivity index (χ1) is 7.65. The summed E-state index contributed by atoms with van der Waals surface area (Å²) in [6.07, 6.45) is 4.26. The topological polar surface area (TPSA) is 85.8 Å². The Hall–Kier alpha value is -1.43. The lowest BCUT2D eigenvalue weighted by molar-refractivity contribution is -0.123. The van der Waals surface area contributed by atoms with Gasteiger partial charge in [-0.15, -0.1) is 5.10 Å². The average Bonchev–Trinajstić information content (AvgIpc) is 2.79. The van der Waals surface area contributed by atoms with Crippen LogP contribution >= 0.6 is 0 Å². The van der Waals surface area contributed by atoms with E-state index in [2.05, 4.69) is 15.6 Å². The zero-order chi connectivity index (χ0) is 12.0. The predicted octanol–water partition coefficient (Wildman–Crippen LogP) is -0.232. The molecule has 1 aromatic rings. The molecule has 1 rings (SSSR count). The van der Waals surface area contributed by atoms with E-state index in [1.807, 2.05) is 13.8 Å². The molecule has 0 aliphatic heterocycles. The van der Waals surface area contributed by atoms with E-state index in [-0.39, 0.29) is 11.8 Å². The Morgan fingerprint density at radius 3 is 2.94 bits per heavy atom. The van der Waals surface area contributed by atoms with Gasteiger partial charge in [-0.3, -0.25) is 9.48 Å². The Bertz CT molecular complexity index is 311. The standard InChI is InChI=1S/C10H19N5O/c1-3-8(2)9(11)10(16)12-4-6-15-7-5-13-14-15/h5,7-9H,3-4,6,11H2,1-2H3,(H,12,16)/t8-,9-/m0/s1. The number of hydrogen-bond acceptors (Lipinski definition) is 4. The highest BCUT2D eigenvalue weighted by atomic mass is 16.2. The Morgan fingerprint density at radius 2 is 2.38 bits per heavy atom. The van der Waals surface area contributed by atoms with E-state index >= 15 is 0 Å². The van der Waals surface area contributed by atoms with E-state index in [1.54, 1.807) is 17.1 Å². The fourth-order valence-electron chi connectivity index (χ4n) is 1.28. The van der Waals surface area contributed by atoms with Crippen LogP contribution < -0.4 is 11.1 Å². The summed E-state index contributed by atoms with van der Waals surface area (Å²) in [6, 6.07) is -0.430. The molecule has 6 nitrogen and oxygen atoms in total. The van der Waals surface area contributed by atoms with E-state index < -0.39 is 6.04 Å². The van der Waals surface area contributed by atoms with Gasteiger partial charge in [-0.25, -0.2) is 0 Å². The molecule has 0 aromatic carbocycles. The molecule has 1 heterocycles. The van der Waals surface area contributed by atoms with Crippen LogP contribution in [-0.4, -0.2) is 33.5 Å². The molecule has 0 bridgehead atoms. The van der Waals surface area contributed by atoms with E-state index in [1.165, 1.54) is 0 Å². The van der Waals surface area contributed by atoms with Gasteiger partial charge in [0, 0.05) is 12.7 Å². The minimum absolute atomic E-state index is 0.102. The third-order valence-corrected chi connectivity index (χ3v) is 2.67. The first-order valence-corrected chi connectivity index (χ1v) is 5.52. The molecule has 0 radical (unpaired) electrons. The largest absolute Gasteiger partial charge is 0.353 e. The van der Waals surface area contributed by atoms with Crippen molar-refractivity contribution in [3.05, 3.63) is 12.4 Å². The Labute approximate surface area is 95.2 Å². The number of rotatable bonds is 6. The summed E-state index contributed by atoms with van der Waals surface area (Å²) in [4.78, 5) is 11.6. The third kappa shape index (κ3) is 3.62. The Morgan fingerprint density at radius 1 is 1.62 bits per heavy atom. The van der Waals surface area contributed by atoms with Crippen molar-refractivity contribution in [3.8, 4) is 0 Å². The monoisotopic (exact) mass is 225 g/mol. The van der Waals surface area contributed by atoms with Crippen molar-refractivity contribution in [3.63, 3.8) is 0 Å². The van der Waals surface area contributed by atoms with E-state index in [4.69, 9.17) is 5.73 Å². The summed E-state index contributed by atoms with van der Waals surface area (Å²) in [5.41, 5.74) is 5.78. The molecule has 90 valence electrons. The maximum atomic E-state index is 11.6. The molecule has 1 amide bonds. The number of nitrogens with zero attached hydrogens (tertiary/aromatic N) is 3. The van der Waals surface area contributed by atoms with Crippen molar-refractivity contribution in [1.29, 1.82) is 0 Å². The maximum Gasteiger partial charge on any atom is 0.237 e. The number of nitrogens with two attached hydrogens (primary N) is 1. The minimum Gasteiger partial charge on any atom is -0.353 e. The molecule has 0 saturated heterocycles. The number of hydrogen-bond donors (Lipinski definition) is 2. The van der Waals surface area contributed by atoms with Crippen LogP contribution in [0, 0.1) is 5.92 Å². The second kappa shape index (κ2) is 6.22. The number of aromatic nitrogens is 3. The summed E-state index contributed by atoms with van der Waals surface area (Å²) in [5, 5.41) is 10.2. The van der Waals surface area contributed by atoms with Crippen LogP contribution in [-0.2, 0) is 11.3 Å². The van der Waals surface area contributed by atoms with Crippen LogP contribution in [0.25, 0.3) is 0 Å². The molecular weight excluding hydrogens is 206 g/mol. The molecule has 0 aliphatic carbocycles. The van der Waals surface area contributed by atoms with Gasteiger partial charge in [-0.05, 0) is 5.92 Å². The molecule has 6 heteroatoms. The van der Waals surface area contributed by atoms with Crippen LogP contribution in [0.1, 0.15) is 20.3 Å². The van der Waals surface area contributed by atoms with Crippen LogP contribution in [0.2, 0.25) is 0 Å². The molecule has 16 heavy (non-hydrogen) atoms. The van der Waals surface area contributed by atoms with Gasteiger partial charge in [0.05, 0.1) is 18.8 Å². The molecule has 0 spiro atoms. The zero-order valence-electron chi connectivity index (χ0n) is 9.76. The highest BCUT2D eigenvalue weighted by Gasteiger charge is 2.18. The Balaban J connectivity index is 2.24. The number of amides is 1. The normalized spacial score (nSPS) is 14.4. The van der Waals surface area contributed by atoms with Crippen molar-refractivity contribution < 1.29 is 4.79 Å². The van der Waals surface area contributed by atoms with Gasteiger partial charge < -0.3 is 11.1 Å². The van der Waals surface area contributed by atoms with Gasteiger partial charge in [0.15, 0.2) is 0 Å². The Kier molecular flexibility index (Phi) is 4.91. The lowest BCUT2D eigenvalue weighted by Crippen LogP contribution is -2.45. The maximum absolute atomic E-state index is 11.6. The van der Waals surface area contributed by atoms with Crippen LogP contribution in [0.15, 0.2) is 12.4 Å². The van der Waals surface area contributed by atoms with Crippen LogP contribution in [0.5, 0.6) is 0 Å². The second-order valence-electron chi connectivity index (χ2n) is 3.87. The van der Waals surface area contributed by atoms with Crippen molar-refractivity contribution in [1.82, 2.24) is 20.3 Å². The molecule has 2 atom stereocenters. The molecule has 0 fully saturated rings. The quantitative estimate of drug-likeness (QED) is 0.700. The summed E-state index contributed by atoms with van der Waals surface area (Å²) < 4.78 is 1.66. The van der Waals surface area contributed by atoms with Crippen LogP contribution in [0.3, 0.4) is 0 Å². The first-order valence-electron chi connectivity index (χ1n) is 5.52. The lowest BCUT2D eigenvalue weighted by Gasteiger charge is -2.17. The SMILES string of the molecule is CC[C@H](C)[C@H](N)C(=O)NCCn1ccnn1. The number of nitrogens with one attached hydrogen (secondary N) is 1. The van der Waals surface area contributed by atoms with Crippen LogP contribution in [0.4, 0.5) is 0 Å². The summed E-state index contributed by atoms with van der Waals surface area (Å²) in [6.45, 7) is 5.13. The smallest absolute Gasteiger partial charge is 0.237 e. The van der Waals surface area contributed by atoms with E-state index in [0.29, 0.717) is 13.1 Å². The van der Waals surface area contributed by atoms with Gasteiger partial charge in [0.25, 0.3) is 0 Å². The summed E-state index contributed by atoms with van der Waals surface area (Å²) in [7, 11) is 0. The minimum atomic E-state index is -0.430.